The highest BCUT2D eigenvalue weighted by atomic mass is 32.2. The van der Waals surface area contributed by atoms with Gasteiger partial charge in [-0.25, -0.2) is 0 Å². The summed E-state index contributed by atoms with van der Waals surface area (Å²) in [6.07, 6.45) is 5.84. The van der Waals surface area contributed by atoms with Crippen LogP contribution in [0.25, 0.3) is 0 Å². The van der Waals surface area contributed by atoms with E-state index in [-0.39, 0.29) is 17.7 Å². The molecule has 5 heteroatoms. The van der Waals surface area contributed by atoms with Gasteiger partial charge in [-0.05, 0) is 24.9 Å². The minimum absolute atomic E-state index is 0.0138. The van der Waals surface area contributed by atoms with Gasteiger partial charge in [0.15, 0.2) is 0 Å². The van der Waals surface area contributed by atoms with Gasteiger partial charge >= 0.3 is 0 Å². The standard InChI is InChI=1S/C11H20N2O2S/c1-16-6-4-2-3-5-12-11(15)9-7-10(14)13-8-9/h9H,2-8H2,1H3,(H,12,15)(H,13,14). The Kier molecular flexibility index (Phi) is 6.30. The molecule has 4 nitrogen and oxygen atoms in total. The molecule has 2 amide bonds. The van der Waals surface area contributed by atoms with E-state index in [0.29, 0.717) is 13.0 Å². The number of thioether (sulfide) groups is 1. The van der Waals surface area contributed by atoms with Crippen molar-refractivity contribution in [2.45, 2.75) is 25.7 Å². The molecule has 0 aromatic heterocycles. The number of amides is 2. The van der Waals surface area contributed by atoms with Gasteiger partial charge in [0.2, 0.25) is 11.8 Å². The molecule has 0 aromatic carbocycles. The third-order valence-corrected chi connectivity index (χ3v) is 3.37. The van der Waals surface area contributed by atoms with Crippen LogP contribution in [0.1, 0.15) is 25.7 Å². The van der Waals surface area contributed by atoms with Gasteiger partial charge in [0.1, 0.15) is 0 Å². The van der Waals surface area contributed by atoms with E-state index in [9.17, 15) is 9.59 Å². The molecule has 0 saturated carbocycles. The Bertz CT molecular complexity index is 246. The van der Waals surface area contributed by atoms with Gasteiger partial charge in [-0.1, -0.05) is 6.42 Å². The van der Waals surface area contributed by atoms with Crippen molar-refractivity contribution in [1.29, 1.82) is 0 Å². The predicted molar refractivity (Wildman–Crippen MR) is 66.4 cm³/mol. The zero-order valence-electron chi connectivity index (χ0n) is 9.75. The first kappa shape index (κ1) is 13.4. The molecule has 1 atom stereocenters. The summed E-state index contributed by atoms with van der Waals surface area (Å²) < 4.78 is 0. The lowest BCUT2D eigenvalue weighted by atomic mass is 10.1. The average molecular weight is 244 g/mol. The molecule has 92 valence electrons. The number of carbonyl (C=O) groups is 2. The highest BCUT2D eigenvalue weighted by molar-refractivity contribution is 7.98. The molecule has 1 aliphatic heterocycles. The second-order valence-electron chi connectivity index (χ2n) is 4.05. The summed E-state index contributed by atoms with van der Waals surface area (Å²) in [6.45, 7) is 1.23. The van der Waals surface area contributed by atoms with Gasteiger partial charge in [-0.15, -0.1) is 0 Å². The Balaban J connectivity index is 2.00. The molecule has 1 aliphatic rings. The number of rotatable bonds is 7. The van der Waals surface area contributed by atoms with Crippen molar-refractivity contribution < 1.29 is 9.59 Å². The normalized spacial score (nSPS) is 19.6. The maximum absolute atomic E-state index is 11.6. The first-order valence-corrected chi connectivity index (χ1v) is 7.16. The van der Waals surface area contributed by atoms with Crippen molar-refractivity contribution in [3.05, 3.63) is 0 Å². The molecule has 0 radical (unpaired) electrons. The molecule has 1 unspecified atom stereocenters. The van der Waals surface area contributed by atoms with Crippen molar-refractivity contribution in [3.63, 3.8) is 0 Å². The van der Waals surface area contributed by atoms with E-state index < -0.39 is 0 Å². The largest absolute Gasteiger partial charge is 0.356 e. The van der Waals surface area contributed by atoms with E-state index in [0.717, 1.165) is 19.4 Å². The zero-order chi connectivity index (χ0) is 11.8. The molecule has 1 fully saturated rings. The molecule has 0 aliphatic carbocycles. The van der Waals surface area contributed by atoms with E-state index in [1.54, 1.807) is 0 Å². The third-order valence-electron chi connectivity index (χ3n) is 2.67. The number of hydrogen-bond acceptors (Lipinski definition) is 3. The quantitative estimate of drug-likeness (QED) is 0.650. The Hall–Kier alpha value is -0.710. The molecule has 2 N–H and O–H groups in total. The molecule has 1 saturated heterocycles. The average Bonchev–Trinajstić information content (AvgIpc) is 2.70. The second kappa shape index (κ2) is 7.54. The lowest BCUT2D eigenvalue weighted by Crippen LogP contribution is -2.32. The Morgan fingerprint density at radius 2 is 2.31 bits per heavy atom. The number of unbranched alkanes of at least 4 members (excludes halogenated alkanes) is 2. The van der Waals surface area contributed by atoms with E-state index in [4.69, 9.17) is 0 Å². The van der Waals surface area contributed by atoms with E-state index in [2.05, 4.69) is 16.9 Å². The predicted octanol–water partition coefficient (Wildman–Crippen LogP) is 0.772. The van der Waals surface area contributed by atoms with Gasteiger partial charge in [0.05, 0.1) is 5.92 Å². The number of carbonyl (C=O) groups excluding carboxylic acids is 2. The van der Waals surface area contributed by atoms with E-state index in [1.807, 2.05) is 11.8 Å². The van der Waals surface area contributed by atoms with Crippen LogP contribution in [0, 0.1) is 5.92 Å². The Morgan fingerprint density at radius 1 is 1.50 bits per heavy atom. The summed E-state index contributed by atoms with van der Waals surface area (Å²) in [5.41, 5.74) is 0. The van der Waals surface area contributed by atoms with Crippen LogP contribution in [-0.4, -0.2) is 36.9 Å². The third kappa shape index (κ3) is 4.88. The highest BCUT2D eigenvalue weighted by Crippen LogP contribution is 2.08. The summed E-state index contributed by atoms with van der Waals surface area (Å²) in [6, 6.07) is 0. The summed E-state index contributed by atoms with van der Waals surface area (Å²) >= 11 is 1.85. The maximum atomic E-state index is 11.6. The first-order chi connectivity index (χ1) is 7.74. The summed E-state index contributed by atoms with van der Waals surface area (Å²) in [4.78, 5) is 22.5. The molecule has 0 bridgehead atoms. The van der Waals surface area contributed by atoms with Gasteiger partial charge in [-0.3, -0.25) is 9.59 Å². The van der Waals surface area contributed by atoms with Crippen LogP contribution < -0.4 is 10.6 Å². The fourth-order valence-electron chi connectivity index (χ4n) is 1.69. The monoisotopic (exact) mass is 244 g/mol. The molecule has 0 spiro atoms. The molecule has 1 rings (SSSR count). The summed E-state index contributed by atoms with van der Waals surface area (Å²) in [5, 5.41) is 5.55. The fraction of sp³-hybridized carbons (Fsp3) is 0.818. The van der Waals surface area contributed by atoms with Crippen molar-refractivity contribution in [3.8, 4) is 0 Å². The molecular formula is C11H20N2O2S. The number of hydrogen-bond donors (Lipinski definition) is 2. The van der Waals surface area contributed by atoms with Crippen molar-refractivity contribution in [2.24, 2.45) is 5.92 Å². The SMILES string of the molecule is CSCCCCCNC(=O)C1CNC(=O)C1. The van der Waals surface area contributed by atoms with Gasteiger partial charge < -0.3 is 10.6 Å². The topological polar surface area (TPSA) is 58.2 Å². The van der Waals surface area contributed by atoms with E-state index in [1.165, 1.54) is 12.2 Å². The van der Waals surface area contributed by atoms with Crippen LogP contribution in [0.5, 0.6) is 0 Å². The molecule has 16 heavy (non-hydrogen) atoms. The minimum Gasteiger partial charge on any atom is -0.356 e. The van der Waals surface area contributed by atoms with E-state index >= 15 is 0 Å². The van der Waals surface area contributed by atoms with Gasteiger partial charge in [0.25, 0.3) is 0 Å². The highest BCUT2D eigenvalue weighted by Gasteiger charge is 2.27. The van der Waals surface area contributed by atoms with Crippen molar-refractivity contribution >= 4 is 23.6 Å². The zero-order valence-corrected chi connectivity index (χ0v) is 10.6. The van der Waals surface area contributed by atoms with Crippen molar-refractivity contribution in [1.82, 2.24) is 10.6 Å². The van der Waals surface area contributed by atoms with Crippen LogP contribution in [0.3, 0.4) is 0 Å². The van der Waals surface area contributed by atoms with Crippen LogP contribution in [0.4, 0.5) is 0 Å². The van der Waals surface area contributed by atoms with Crippen LogP contribution in [0.15, 0.2) is 0 Å². The second-order valence-corrected chi connectivity index (χ2v) is 5.04. The van der Waals surface area contributed by atoms with Crippen LogP contribution in [-0.2, 0) is 9.59 Å². The Morgan fingerprint density at radius 3 is 2.94 bits per heavy atom. The van der Waals surface area contributed by atoms with Crippen molar-refractivity contribution in [2.75, 3.05) is 25.1 Å². The van der Waals surface area contributed by atoms with Gasteiger partial charge in [-0.2, -0.15) is 11.8 Å². The van der Waals surface area contributed by atoms with Crippen LogP contribution in [0.2, 0.25) is 0 Å². The van der Waals surface area contributed by atoms with Crippen LogP contribution >= 0.6 is 11.8 Å². The molecule has 0 aromatic rings. The molecular weight excluding hydrogens is 224 g/mol. The fourth-order valence-corrected chi connectivity index (χ4v) is 2.19. The first-order valence-electron chi connectivity index (χ1n) is 5.77. The lowest BCUT2D eigenvalue weighted by Gasteiger charge is -2.08. The maximum Gasteiger partial charge on any atom is 0.225 e. The Labute approximate surface area is 101 Å². The molecule has 1 heterocycles. The van der Waals surface area contributed by atoms with Gasteiger partial charge in [0, 0.05) is 19.5 Å². The lowest BCUT2D eigenvalue weighted by molar-refractivity contribution is -0.126. The summed E-state index contributed by atoms with van der Waals surface area (Å²) in [7, 11) is 0. The number of nitrogens with one attached hydrogen (secondary N) is 2. The summed E-state index contributed by atoms with van der Waals surface area (Å²) in [5.74, 6) is 1.04. The minimum atomic E-state index is -0.154. The smallest absolute Gasteiger partial charge is 0.225 e.